The molecule has 0 radical (unpaired) electrons. The number of halogens is 2. The van der Waals surface area contributed by atoms with Gasteiger partial charge < -0.3 is 15.1 Å². The molecule has 1 aromatic heterocycles. The number of amides is 1. The van der Waals surface area contributed by atoms with Crippen LogP contribution >= 0.6 is 0 Å². The second kappa shape index (κ2) is 7.52. The highest BCUT2D eigenvalue weighted by Gasteiger charge is 2.22. The highest BCUT2D eigenvalue weighted by atomic mass is 19.1. The Labute approximate surface area is 144 Å². The number of carbonyl (C=O) groups is 1. The number of carbonyl (C=O) groups excluding carboxylic acids is 1. The summed E-state index contributed by atoms with van der Waals surface area (Å²) in [6, 6.07) is 6.55. The van der Waals surface area contributed by atoms with Crippen LogP contribution in [0.3, 0.4) is 0 Å². The van der Waals surface area contributed by atoms with Crippen LogP contribution in [-0.2, 0) is 0 Å². The van der Waals surface area contributed by atoms with E-state index in [1.807, 2.05) is 0 Å². The van der Waals surface area contributed by atoms with E-state index in [1.165, 1.54) is 18.2 Å². The van der Waals surface area contributed by atoms with Crippen molar-refractivity contribution in [3.63, 3.8) is 0 Å². The number of anilines is 2. The van der Waals surface area contributed by atoms with Gasteiger partial charge in [0, 0.05) is 26.2 Å². The number of hydrogen-bond acceptors (Lipinski definition) is 5. The molecule has 0 spiro atoms. The smallest absolute Gasteiger partial charge is 0.274 e. The van der Waals surface area contributed by atoms with E-state index in [9.17, 15) is 13.6 Å². The third-order valence-electron chi connectivity index (χ3n) is 4.21. The Morgan fingerprint density at radius 2 is 1.76 bits per heavy atom. The Morgan fingerprint density at radius 1 is 1.08 bits per heavy atom. The van der Waals surface area contributed by atoms with Crippen molar-refractivity contribution in [3.05, 3.63) is 47.7 Å². The zero-order chi connectivity index (χ0) is 17.8. The predicted molar refractivity (Wildman–Crippen MR) is 89.7 cm³/mol. The van der Waals surface area contributed by atoms with Gasteiger partial charge in [0.05, 0.1) is 0 Å². The largest absolute Gasteiger partial charge is 0.335 e. The van der Waals surface area contributed by atoms with Gasteiger partial charge in [-0.25, -0.2) is 8.78 Å². The summed E-state index contributed by atoms with van der Waals surface area (Å²) in [5.74, 6) is -1.48. The lowest BCUT2D eigenvalue weighted by Crippen LogP contribution is -2.48. The van der Waals surface area contributed by atoms with Gasteiger partial charge in [-0.2, -0.15) is 0 Å². The van der Waals surface area contributed by atoms with Gasteiger partial charge in [0.25, 0.3) is 5.91 Å². The SMILES string of the molecule is CCN1CCN(C(=O)c2ccc(Nc3c(F)cccc3F)nn2)CC1. The van der Waals surface area contributed by atoms with Crippen LogP contribution in [0.15, 0.2) is 30.3 Å². The molecule has 0 atom stereocenters. The average molecular weight is 347 g/mol. The minimum absolute atomic E-state index is 0.163. The fraction of sp³-hybridized carbons (Fsp3) is 0.353. The number of piperazine rings is 1. The summed E-state index contributed by atoms with van der Waals surface area (Å²) in [5.41, 5.74) is -0.0870. The maximum Gasteiger partial charge on any atom is 0.274 e. The number of nitrogens with one attached hydrogen (secondary N) is 1. The van der Waals surface area contributed by atoms with Crippen LogP contribution in [0.5, 0.6) is 0 Å². The summed E-state index contributed by atoms with van der Waals surface area (Å²) in [4.78, 5) is 16.4. The third-order valence-corrected chi connectivity index (χ3v) is 4.21. The Bertz CT molecular complexity index is 725. The summed E-state index contributed by atoms with van der Waals surface area (Å²) in [5, 5.41) is 10.3. The van der Waals surface area contributed by atoms with E-state index in [-0.39, 0.29) is 23.1 Å². The summed E-state index contributed by atoms with van der Waals surface area (Å²) in [6.45, 7) is 6.02. The Hall–Kier alpha value is -2.61. The fourth-order valence-corrected chi connectivity index (χ4v) is 2.69. The highest BCUT2D eigenvalue weighted by molar-refractivity contribution is 5.92. The van der Waals surface area contributed by atoms with Crippen LogP contribution in [0.1, 0.15) is 17.4 Å². The van der Waals surface area contributed by atoms with Crippen molar-refractivity contribution in [3.8, 4) is 0 Å². The monoisotopic (exact) mass is 347 g/mol. The molecule has 0 unspecified atom stereocenters. The molecule has 1 aromatic carbocycles. The topological polar surface area (TPSA) is 61.4 Å². The van der Waals surface area contributed by atoms with E-state index < -0.39 is 11.6 Å². The first-order valence-corrected chi connectivity index (χ1v) is 8.15. The van der Waals surface area contributed by atoms with Gasteiger partial charge in [-0.15, -0.1) is 10.2 Å². The molecular weight excluding hydrogens is 328 g/mol. The zero-order valence-electron chi connectivity index (χ0n) is 13.9. The van der Waals surface area contributed by atoms with Crippen LogP contribution in [0.2, 0.25) is 0 Å². The first kappa shape index (κ1) is 17.2. The molecular formula is C17H19F2N5O. The van der Waals surface area contributed by atoms with Crippen molar-refractivity contribution < 1.29 is 13.6 Å². The number of likely N-dealkylation sites (N-methyl/N-ethyl adjacent to an activating group) is 1. The van der Waals surface area contributed by atoms with Crippen molar-refractivity contribution in [2.45, 2.75) is 6.92 Å². The second-order valence-electron chi connectivity index (χ2n) is 5.75. The van der Waals surface area contributed by atoms with E-state index in [4.69, 9.17) is 0 Å². The summed E-state index contributed by atoms with van der Waals surface area (Å²) in [7, 11) is 0. The number of aromatic nitrogens is 2. The highest BCUT2D eigenvalue weighted by Crippen LogP contribution is 2.21. The van der Waals surface area contributed by atoms with Crippen LogP contribution in [0, 0.1) is 11.6 Å². The van der Waals surface area contributed by atoms with Gasteiger partial charge in [-0.1, -0.05) is 13.0 Å². The molecule has 1 aliphatic heterocycles. The molecule has 1 saturated heterocycles. The number of hydrogen-bond donors (Lipinski definition) is 1. The molecule has 0 bridgehead atoms. The van der Waals surface area contributed by atoms with Crippen LogP contribution < -0.4 is 5.32 Å². The van der Waals surface area contributed by atoms with Crippen molar-refractivity contribution in [1.29, 1.82) is 0 Å². The maximum absolute atomic E-state index is 13.6. The van der Waals surface area contributed by atoms with Crippen molar-refractivity contribution in [2.75, 3.05) is 38.0 Å². The minimum Gasteiger partial charge on any atom is -0.335 e. The maximum atomic E-state index is 13.6. The minimum atomic E-state index is -0.726. The van der Waals surface area contributed by atoms with Gasteiger partial charge in [-0.3, -0.25) is 4.79 Å². The lowest BCUT2D eigenvalue weighted by atomic mass is 10.2. The molecule has 2 aromatic rings. The Balaban J connectivity index is 1.67. The van der Waals surface area contributed by atoms with E-state index in [0.717, 1.165) is 31.8 Å². The molecule has 3 rings (SSSR count). The van der Waals surface area contributed by atoms with Crippen LogP contribution in [0.25, 0.3) is 0 Å². The van der Waals surface area contributed by atoms with E-state index >= 15 is 0 Å². The molecule has 8 heteroatoms. The molecule has 1 N–H and O–H groups in total. The Morgan fingerprint density at radius 3 is 2.32 bits per heavy atom. The lowest BCUT2D eigenvalue weighted by Gasteiger charge is -2.33. The molecule has 1 amide bonds. The van der Waals surface area contributed by atoms with Gasteiger partial charge in [0.15, 0.2) is 11.5 Å². The first-order valence-electron chi connectivity index (χ1n) is 8.15. The average Bonchev–Trinajstić information content (AvgIpc) is 2.65. The predicted octanol–water partition coefficient (Wildman–Crippen LogP) is 2.28. The lowest BCUT2D eigenvalue weighted by molar-refractivity contribution is 0.0636. The van der Waals surface area contributed by atoms with Gasteiger partial charge in [0.1, 0.15) is 17.3 Å². The zero-order valence-corrected chi connectivity index (χ0v) is 13.9. The summed E-state index contributed by atoms with van der Waals surface area (Å²) < 4.78 is 27.3. The molecule has 0 saturated carbocycles. The van der Waals surface area contributed by atoms with Gasteiger partial charge in [-0.05, 0) is 30.8 Å². The van der Waals surface area contributed by atoms with Crippen molar-refractivity contribution in [1.82, 2.24) is 20.0 Å². The molecule has 0 aliphatic carbocycles. The third kappa shape index (κ3) is 3.90. The van der Waals surface area contributed by atoms with Crippen LogP contribution in [-0.4, -0.2) is 58.6 Å². The first-order chi connectivity index (χ1) is 12.1. The van der Waals surface area contributed by atoms with E-state index in [0.29, 0.717) is 13.1 Å². The quantitative estimate of drug-likeness (QED) is 0.919. The molecule has 1 fully saturated rings. The van der Waals surface area contributed by atoms with E-state index in [2.05, 4.69) is 27.3 Å². The number of rotatable bonds is 4. The van der Waals surface area contributed by atoms with Gasteiger partial charge in [0.2, 0.25) is 0 Å². The molecule has 2 heterocycles. The summed E-state index contributed by atoms with van der Waals surface area (Å²) >= 11 is 0. The standard InChI is InChI=1S/C17H19F2N5O/c1-2-23-8-10-24(11-9-23)17(25)14-6-7-15(22-21-14)20-16-12(18)4-3-5-13(16)19/h3-7H,2,8-11H2,1H3,(H,20,22). The van der Waals surface area contributed by atoms with E-state index in [1.54, 1.807) is 4.90 Å². The normalized spacial score (nSPS) is 15.2. The Kier molecular flexibility index (Phi) is 5.18. The summed E-state index contributed by atoms with van der Waals surface area (Å²) in [6.07, 6.45) is 0. The molecule has 1 aliphatic rings. The fourth-order valence-electron chi connectivity index (χ4n) is 2.69. The number of nitrogens with zero attached hydrogens (tertiary/aromatic N) is 4. The van der Waals surface area contributed by atoms with Crippen molar-refractivity contribution in [2.24, 2.45) is 0 Å². The molecule has 6 nitrogen and oxygen atoms in total. The molecule has 132 valence electrons. The van der Waals surface area contributed by atoms with Crippen molar-refractivity contribution >= 4 is 17.4 Å². The van der Waals surface area contributed by atoms with Crippen LogP contribution in [0.4, 0.5) is 20.3 Å². The van der Waals surface area contributed by atoms with Gasteiger partial charge >= 0.3 is 0 Å². The second-order valence-corrected chi connectivity index (χ2v) is 5.75. The number of para-hydroxylation sites is 1. The number of benzene rings is 1. The molecule has 25 heavy (non-hydrogen) atoms.